The van der Waals surface area contributed by atoms with Gasteiger partial charge in [0.15, 0.2) is 5.78 Å². The van der Waals surface area contributed by atoms with Gasteiger partial charge in [-0.15, -0.1) is 0 Å². The highest BCUT2D eigenvalue weighted by atomic mass is 16.6. The number of hydrogen-bond acceptors (Lipinski definition) is 7. The van der Waals surface area contributed by atoms with Gasteiger partial charge in [0, 0.05) is 14.0 Å². The number of carbonyl (C=O) groups excluding carboxylic acids is 5. The highest BCUT2D eigenvalue weighted by molar-refractivity contribution is 5.99. The normalized spacial score (nSPS) is 21.9. The first-order valence-corrected chi connectivity index (χ1v) is 14.0. The number of likely N-dealkylation sites (N-methyl/N-ethyl adjacent to an activating group) is 1. The molecule has 4 N–H and O–H groups in total. The molecular weight excluding hydrogens is 504 g/mol. The van der Waals surface area contributed by atoms with E-state index in [1.165, 1.54) is 18.7 Å². The highest BCUT2D eigenvalue weighted by Crippen LogP contribution is 2.29. The van der Waals surface area contributed by atoms with Crippen molar-refractivity contribution in [2.75, 3.05) is 13.7 Å². The monoisotopic (exact) mass is 554 g/mol. The van der Waals surface area contributed by atoms with Gasteiger partial charge in [-0.3, -0.25) is 24.0 Å². The average Bonchev–Trinajstić information content (AvgIpc) is 3.61. The first-order valence-electron chi connectivity index (χ1n) is 14.0. The van der Waals surface area contributed by atoms with E-state index in [-0.39, 0.29) is 36.1 Å². The van der Waals surface area contributed by atoms with Gasteiger partial charge in [0.25, 0.3) is 0 Å². The third-order valence-electron chi connectivity index (χ3n) is 7.66. The van der Waals surface area contributed by atoms with Crippen LogP contribution in [0.3, 0.4) is 0 Å². The smallest absolute Gasteiger partial charge is 0.245 e. The molecule has 1 aliphatic heterocycles. The number of aliphatic hydroxyl groups is 1. The topological polar surface area (TPSA) is 157 Å². The van der Waals surface area contributed by atoms with Crippen molar-refractivity contribution in [1.29, 1.82) is 0 Å². The molecule has 11 nitrogen and oxygen atoms in total. The molecule has 1 aliphatic rings. The van der Waals surface area contributed by atoms with Crippen LogP contribution in [0.15, 0.2) is 0 Å². The van der Waals surface area contributed by atoms with Crippen molar-refractivity contribution in [3.05, 3.63) is 0 Å². The van der Waals surface area contributed by atoms with Crippen molar-refractivity contribution in [1.82, 2.24) is 20.9 Å². The zero-order chi connectivity index (χ0) is 30.2. The van der Waals surface area contributed by atoms with Crippen molar-refractivity contribution in [3.63, 3.8) is 0 Å². The minimum absolute atomic E-state index is 0.0952. The van der Waals surface area contributed by atoms with E-state index in [0.29, 0.717) is 19.3 Å². The lowest BCUT2D eigenvalue weighted by atomic mass is 9.92. The fourth-order valence-electron chi connectivity index (χ4n) is 4.41. The van der Waals surface area contributed by atoms with Gasteiger partial charge in [0.05, 0.1) is 18.8 Å². The summed E-state index contributed by atoms with van der Waals surface area (Å²) in [5.74, 6) is -2.73. The van der Waals surface area contributed by atoms with Crippen molar-refractivity contribution >= 4 is 29.4 Å². The quantitative estimate of drug-likeness (QED) is 0.209. The van der Waals surface area contributed by atoms with E-state index >= 15 is 0 Å². The number of rotatable bonds is 16. The average molecular weight is 555 g/mol. The van der Waals surface area contributed by atoms with E-state index in [0.717, 1.165) is 0 Å². The van der Waals surface area contributed by atoms with Crippen molar-refractivity contribution in [3.8, 4) is 0 Å². The molecule has 0 bridgehead atoms. The fourth-order valence-corrected chi connectivity index (χ4v) is 4.41. The van der Waals surface area contributed by atoms with Gasteiger partial charge < -0.3 is 30.7 Å². The number of nitrogens with zero attached hydrogens (tertiary/aromatic N) is 1. The first kappa shape index (κ1) is 34.5. The highest BCUT2D eigenvalue weighted by Gasteiger charge is 2.50. The van der Waals surface area contributed by atoms with Crippen LogP contribution in [-0.2, 0) is 28.7 Å². The fraction of sp³-hybridized carbons (Fsp3) is 0.821. The number of ketones is 1. The standard InChI is InChI=1S/C28H50N4O7/c1-11-16(5)21(30-27(38)23(17(6)12-2)32(10)19(8)34)25(36)31-22(18(7)33)26(37)29-20(13-15(3)4)24(35)28(9)14-39-28/h15-18,20-23,33H,11-14H2,1-10H3,(H,29,37)(H,30,38)(H,31,36)/t16-,17-,18+,20+,21+,22-,23-,28+/m0/s1. The van der Waals surface area contributed by atoms with Crippen molar-refractivity contribution < 1.29 is 33.8 Å². The van der Waals surface area contributed by atoms with E-state index < -0.39 is 53.6 Å². The second kappa shape index (κ2) is 14.7. The van der Waals surface area contributed by atoms with Gasteiger partial charge >= 0.3 is 0 Å². The predicted octanol–water partition coefficient (Wildman–Crippen LogP) is 1.16. The van der Waals surface area contributed by atoms with Crippen molar-refractivity contribution in [2.45, 2.75) is 117 Å². The molecule has 0 unspecified atom stereocenters. The van der Waals surface area contributed by atoms with E-state index in [1.807, 2.05) is 34.6 Å². The Hall–Kier alpha value is -2.53. The van der Waals surface area contributed by atoms with Crippen LogP contribution < -0.4 is 16.0 Å². The van der Waals surface area contributed by atoms with Crippen LogP contribution in [0.2, 0.25) is 0 Å². The Labute approximate surface area is 233 Å². The van der Waals surface area contributed by atoms with Crippen LogP contribution in [0.1, 0.15) is 81.6 Å². The Morgan fingerprint density at radius 1 is 0.872 bits per heavy atom. The van der Waals surface area contributed by atoms with E-state index in [4.69, 9.17) is 4.74 Å². The summed E-state index contributed by atoms with van der Waals surface area (Å²) in [4.78, 5) is 66.4. The Morgan fingerprint density at radius 3 is 1.77 bits per heavy atom. The molecule has 11 heteroatoms. The summed E-state index contributed by atoms with van der Waals surface area (Å²) in [6.07, 6.45) is 0.280. The molecule has 0 radical (unpaired) electrons. The molecule has 1 rings (SSSR count). The number of amides is 4. The number of nitrogens with one attached hydrogen (secondary N) is 3. The number of ether oxygens (including phenoxy) is 1. The molecule has 224 valence electrons. The third kappa shape index (κ3) is 9.56. The lowest BCUT2D eigenvalue weighted by molar-refractivity contribution is -0.141. The van der Waals surface area contributed by atoms with Gasteiger partial charge in [-0.25, -0.2) is 0 Å². The second-order valence-corrected chi connectivity index (χ2v) is 11.6. The molecule has 0 aromatic heterocycles. The molecule has 0 spiro atoms. The number of Topliss-reactive ketones (excluding diaryl/α,β-unsaturated/α-hetero) is 1. The summed E-state index contributed by atoms with van der Waals surface area (Å²) in [7, 11) is 1.55. The largest absolute Gasteiger partial charge is 0.391 e. The number of hydrogen-bond donors (Lipinski definition) is 4. The van der Waals surface area contributed by atoms with E-state index in [9.17, 15) is 29.1 Å². The molecular formula is C28H50N4O7. The van der Waals surface area contributed by atoms with Crippen molar-refractivity contribution in [2.24, 2.45) is 17.8 Å². The molecule has 4 amide bonds. The Balaban J connectivity index is 3.15. The van der Waals surface area contributed by atoms with Crippen LogP contribution in [0.5, 0.6) is 0 Å². The van der Waals surface area contributed by atoms with Gasteiger partial charge in [0.2, 0.25) is 23.6 Å². The Bertz CT molecular complexity index is 887. The molecule has 39 heavy (non-hydrogen) atoms. The van der Waals surface area contributed by atoms with Crippen LogP contribution in [0, 0.1) is 17.8 Å². The van der Waals surface area contributed by atoms with Gasteiger partial charge in [-0.1, -0.05) is 54.4 Å². The zero-order valence-electron chi connectivity index (χ0n) is 25.3. The molecule has 1 fully saturated rings. The maximum Gasteiger partial charge on any atom is 0.245 e. The SMILES string of the molecule is CC[C@H](C)[C@@H](C(=O)N[C@@H](C(=O)N[C@H](C(=O)N[C@H](CC(C)C)C(=O)[C@@]1(C)CO1)[C@@H](C)O)[C@@H](C)CC)N(C)C(C)=O. The van der Waals surface area contributed by atoms with Gasteiger partial charge in [-0.05, 0) is 38.0 Å². The van der Waals surface area contributed by atoms with Crippen LogP contribution in [-0.4, -0.2) is 88.9 Å². The van der Waals surface area contributed by atoms with E-state index in [2.05, 4.69) is 16.0 Å². The summed E-state index contributed by atoms with van der Waals surface area (Å²) >= 11 is 0. The molecule has 0 aromatic rings. The summed E-state index contributed by atoms with van der Waals surface area (Å²) in [5, 5.41) is 18.5. The number of carbonyl (C=O) groups is 5. The van der Waals surface area contributed by atoms with Crippen LogP contribution in [0.4, 0.5) is 0 Å². The summed E-state index contributed by atoms with van der Waals surface area (Å²) in [5.41, 5.74) is -0.943. The maximum atomic E-state index is 13.4. The second-order valence-electron chi connectivity index (χ2n) is 11.6. The van der Waals surface area contributed by atoms with Crippen LogP contribution >= 0.6 is 0 Å². The van der Waals surface area contributed by atoms with E-state index in [1.54, 1.807) is 20.9 Å². The summed E-state index contributed by atoms with van der Waals surface area (Å²) in [6.45, 7) is 16.0. The lowest BCUT2D eigenvalue weighted by Gasteiger charge is -2.34. The third-order valence-corrected chi connectivity index (χ3v) is 7.66. The Kier molecular flexibility index (Phi) is 13.0. The molecule has 0 aromatic carbocycles. The molecule has 1 saturated heterocycles. The zero-order valence-corrected chi connectivity index (χ0v) is 25.3. The minimum atomic E-state index is -1.36. The summed E-state index contributed by atoms with van der Waals surface area (Å²) in [6, 6.07) is -4.00. The molecule has 0 aliphatic carbocycles. The van der Waals surface area contributed by atoms with Gasteiger partial charge in [-0.2, -0.15) is 0 Å². The van der Waals surface area contributed by atoms with Crippen LogP contribution in [0.25, 0.3) is 0 Å². The Morgan fingerprint density at radius 2 is 1.36 bits per heavy atom. The van der Waals surface area contributed by atoms with Gasteiger partial charge in [0.1, 0.15) is 23.7 Å². The number of aliphatic hydroxyl groups excluding tert-OH is 1. The summed E-state index contributed by atoms with van der Waals surface area (Å²) < 4.78 is 5.27. The molecule has 8 atom stereocenters. The molecule has 1 heterocycles. The maximum absolute atomic E-state index is 13.4. The number of epoxide rings is 1. The minimum Gasteiger partial charge on any atom is -0.391 e. The molecule has 0 saturated carbocycles. The first-order chi connectivity index (χ1) is 18.0. The predicted molar refractivity (Wildman–Crippen MR) is 147 cm³/mol. The lowest BCUT2D eigenvalue weighted by Crippen LogP contribution is -2.62.